The van der Waals surface area contributed by atoms with Crippen LogP contribution in [-0.4, -0.2) is 17.2 Å². The van der Waals surface area contributed by atoms with Crippen molar-refractivity contribution in [3.63, 3.8) is 0 Å². The van der Waals surface area contributed by atoms with Gasteiger partial charge in [0.15, 0.2) is 0 Å². The zero-order valence-electron chi connectivity index (χ0n) is 7.51. The summed E-state index contributed by atoms with van der Waals surface area (Å²) in [7, 11) is 0. The number of ether oxygens (including phenoxy) is 1. The van der Waals surface area contributed by atoms with Gasteiger partial charge in [-0.3, -0.25) is 4.79 Å². The Morgan fingerprint density at radius 2 is 2.21 bits per heavy atom. The number of carboxylic acid groups (broad SMARTS) is 1. The average molecular weight is 190 g/mol. The lowest BCUT2D eigenvalue weighted by atomic mass is 10.0. The first-order chi connectivity index (χ1) is 6.79. The van der Waals surface area contributed by atoms with Crippen molar-refractivity contribution in [3.8, 4) is 0 Å². The molecule has 1 heterocycles. The molecule has 3 unspecified atom stereocenters. The lowest BCUT2D eigenvalue weighted by Gasteiger charge is -2.14. The molecule has 1 saturated carbocycles. The largest absolute Gasteiger partial charge is 0.481 e. The minimum Gasteiger partial charge on any atom is -0.481 e. The van der Waals surface area contributed by atoms with Gasteiger partial charge in [-0.05, 0) is 11.1 Å². The van der Waals surface area contributed by atoms with E-state index in [0.29, 0.717) is 6.61 Å². The van der Waals surface area contributed by atoms with Crippen molar-refractivity contribution in [1.82, 2.24) is 0 Å². The second-order valence-corrected chi connectivity index (χ2v) is 3.86. The van der Waals surface area contributed by atoms with Crippen LogP contribution in [0.4, 0.5) is 0 Å². The first-order valence-corrected chi connectivity index (χ1v) is 4.71. The highest BCUT2D eigenvalue weighted by Crippen LogP contribution is 2.54. The predicted molar refractivity (Wildman–Crippen MR) is 48.9 cm³/mol. The molecule has 3 rings (SSSR count). The summed E-state index contributed by atoms with van der Waals surface area (Å²) in [4.78, 5) is 10.9. The van der Waals surface area contributed by atoms with Crippen molar-refractivity contribution in [2.45, 2.75) is 18.6 Å². The van der Waals surface area contributed by atoms with Gasteiger partial charge in [0, 0.05) is 5.92 Å². The number of benzene rings is 1. The van der Waals surface area contributed by atoms with Gasteiger partial charge in [0.25, 0.3) is 0 Å². The van der Waals surface area contributed by atoms with Crippen molar-refractivity contribution in [3.05, 3.63) is 35.4 Å². The fraction of sp³-hybridized carbons (Fsp3) is 0.364. The van der Waals surface area contributed by atoms with E-state index in [-0.39, 0.29) is 17.9 Å². The summed E-state index contributed by atoms with van der Waals surface area (Å²) in [5, 5.41) is 8.93. The molecule has 3 heteroatoms. The second kappa shape index (κ2) is 2.58. The van der Waals surface area contributed by atoms with E-state index in [1.54, 1.807) is 0 Å². The molecule has 1 N–H and O–H groups in total. The Labute approximate surface area is 81.3 Å². The van der Waals surface area contributed by atoms with E-state index in [2.05, 4.69) is 0 Å². The highest BCUT2D eigenvalue weighted by Gasteiger charge is 2.59. The minimum atomic E-state index is -0.739. The highest BCUT2D eigenvalue weighted by molar-refractivity contribution is 5.77. The van der Waals surface area contributed by atoms with Crippen LogP contribution in [0.1, 0.15) is 17.0 Å². The highest BCUT2D eigenvalue weighted by atomic mass is 16.5. The molecule has 2 aliphatic rings. The molecule has 1 aromatic carbocycles. The Morgan fingerprint density at radius 3 is 3.00 bits per heavy atom. The summed E-state index contributed by atoms with van der Waals surface area (Å²) < 4.78 is 5.47. The third kappa shape index (κ3) is 0.930. The van der Waals surface area contributed by atoms with Crippen molar-refractivity contribution < 1.29 is 14.6 Å². The lowest BCUT2D eigenvalue weighted by molar-refractivity contribution is -0.139. The van der Waals surface area contributed by atoms with E-state index in [9.17, 15) is 4.79 Å². The minimum absolute atomic E-state index is 0.0811. The molecule has 1 aliphatic heterocycles. The zero-order chi connectivity index (χ0) is 9.71. The molecule has 1 aromatic rings. The summed E-state index contributed by atoms with van der Waals surface area (Å²) in [5.74, 6) is -0.965. The van der Waals surface area contributed by atoms with Crippen LogP contribution in [0.5, 0.6) is 0 Å². The maximum absolute atomic E-state index is 10.9. The molecule has 0 saturated heterocycles. The number of hydrogen-bond acceptors (Lipinski definition) is 2. The summed E-state index contributed by atoms with van der Waals surface area (Å²) in [6, 6.07) is 7.93. The third-order valence-corrected chi connectivity index (χ3v) is 3.08. The third-order valence-electron chi connectivity index (χ3n) is 3.08. The van der Waals surface area contributed by atoms with Gasteiger partial charge in [0.05, 0.1) is 18.6 Å². The van der Waals surface area contributed by atoms with Gasteiger partial charge in [-0.15, -0.1) is 0 Å². The van der Waals surface area contributed by atoms with Crippen LogP contribution in [0.2, 0.25) is 0 Å². The number of fused-ring (bicyclic) bond motifs is 3. The Bertz CT molecular complexity index is 399. The van der Waals surface area contributed by atoms with Crippen molar-refractivity contribution in [1.29, 1.82) is 0 Å². The normalized spacial score (nSPS) is 33.0. The molecular formula is C11H10O3. The Balaban J connectivity index is 2.00. The second-order valence-electron chi connectivity index (χ2n) is 3.86. The maximum atomic E-state index is 10.9. The van der Waals surface area contributed by atoms with E-state index < -0.39 is 5.97 Å². The van der Waals surface area contributed by atoms with Gasteiger partial charge in [-0.25, -0.2) is 0 Å². The van der Waals surface area contributed by atoms with Gasteiger partial charge in [0.1, 0.15) is 0 Å². The topological polar surface area (TPSA) is 46.5 Å². The van der Waals surface area contributed by atoms with Gasteiger partial charge in [-0.1, -0.05) is 24.3 Å². The van der Waals surface area contributed by atoms with Crippen LogP contribution in [-0.2, 0) is 16.1 Å². The quantitative estimate of drug-likeness (QED) is 0.727. The summed E-state index contributed by atoms with van der Waals surface area (Å²) in [6.45, 7) is 0.557. The molecule has 0 bridgehead atoms. The summed E-state index contributed by atoms with van der Waals surface area (Å²) in [6.07, 6.45) is -0.0811. The van der Waals surface area contributed by atoms with E-state index in [0.717, 1.165) is 11.1 Å². The smallest absolute Gasteiger partial charge is 0.309 e. The Morgan fingerprint density at radius 1 is 1.43 bits per heavy atom. The standard InChI is InChI=1S/C11H10O3/c12-11(13)9-8-7-4-2-1-3-6(7)5-14-10(8)9/h1-4,8-10H,5H2,(H,12,13). The molecule has 14 heavy (non-hydrogen) atoms. The van der Waals surface area contributed by atoms with Gasteiger partial charge in [-0.2, -0.15) is 0 Å². The summed E-state index contributed by atoms with van der Waals surface area (Å²) >= 11 is 0. The van der Waals surface area contributed by atoms with E-state index in [1.165, 1.54) is 0 Å². The maximum Gasteiger partial charge on any atom is 0.309 e. The lowest BCUT2D eigenvalue weighted by Crippen LogP contribution is -2.07. The van der Waals surface area contributed by atoms with Crippen molar-refractivity contribution in [2.24, 2.45) is 5.92 Å². The van der Waals surface area contributed by atoms with Gasteiger partial charge < -0.3 is 9.84 Å². The fourth-order valence-electron chi connectivity index (χ4n) is 2.33. The van der Waals surface area contributed by atoms with Crippen molar-refractivity contribution in [2.75, 3.05) is 0 Å². The molecule has 3 nitrogen and oxygen atoms in total. The van der Waals surface area contributed by atoms with Crippen LogP contribution in [0.3, 0.4) is 0 Å². The van der Waals surface area contributed by atoms with Crippen LogP contribution in [0, 0.1) is 5.92 Å². The Kier molecular flexibility index (Phi) is 1.47. The molecule has 0 aromatic heterocycles. The molecule has 1 fully saturated rings. The zero-order valence-corrected chi connectivity index (χ0v) is 7.51. The Hall–Kier alpha value is -1.35. The monoisotopic (exact) mass is 190 g/mol. The molecule has 1 aliphatic carbocycles. The SMILES string of the molecule is O=C(O)C1C2OCc3ccccc3C21. The van der Waals surface area contributed by atoms with Crippen molar-refractivity contribution >= 4 is 5.97 Å². The number of aliphatic carboxylic acids is 1. The first-order valence-electron chi connectivity index (χ1n) is 4.71. The molecule has 0 amide bonds. The fourth-order valence-corrected chi connectivity index (χ4v) is 2.33. The van der Waals surface area contributed by atoms with E-state index >= 15 is 0 Å². The van der Waals surface area contributed by atoms with Gasteiger partial charge >= 0.3 is 5.97 Å². The van der Waals surface area contributed by atoms with Gasteiger partial charge in [0.2, 0.25) is 0 Å². The molecule has 0 spiro atoms. The van der Waals surface area contributed by atoms with E-state index in [1.807, 2.05) is 24.3 Å². The number of carboxylic acids is 1. The van der Waals surface area contributed by atoms with Crippen LogP contribution in [0.15, 0.2) is 24.3 Å². The van der Waals surface area contributed by atoms with Crippen LogP contribution in [0.25, 0.3) is 0 Å². The molecular weight excluding hydrogens is 180 g/mol. The van der Waals surface area contributed by atoms with E-state index in [4.69, 9.17) is 9.84 Å². The molecule has 3 atom stereocenters. The average Bonchev–Trinajstić information content (AvgIpc) is 2.92. The predicted octanol–water partition coefficient (Wildman–Crippen LogP) is 1.38. The first kappa shape index (κ1) is 8.00. The number of rotatable bonds is 1. The number of hydrogen-bond donors (Lipinski definition) is 1. The molecule has 0 radical (unpaired) electrons. The molecule has 72 valence electrons. The van der Waals surface area contributed by atoms with Crippen LogP contribution < -0.4 is 0 Å². The summed E-state index contributed by atoms with van der Waals surface area (Å²) in [5.41, 5.74) is 2.30. The number of carbonyl (C=O) groups is 1. The van der Waals surface area contributed by atoms with Crippen LogP contribution >= 0.6 is 0 Å².